The number of aromatic nitrogens is 1. The molecule has 0 amide bonds. The third kappa shape index (κ3) is 7.84. The van der Waals surface area contributed by atoms with E-state index in [-0.39, 0.29) is 19.1 Å². The second-order valence-electron chi connectivity index (χ2n) is 11.5. The zero-order chi connectivity index (χ0) is 33.3. The average Bonchev–Trinajstić information content (AvgIpc) is 3.44. The molecule has 6 rings (SSSR count). The molecule has 8 heteroatoms. The van der Waals surface area contributed by atoms with Crippen molar-refractivity contribution >= 4 is 35.2 Å². The van der Waals surface area contributed by atoms with Crippen LogP contribution in [0.25, 0.3) is 10.9 Å². The summed E-state index contributed by atoms with van der Waals surface area (Å²) in [6, 6.07) is 44.3. The van der Waals surface area contributed by atoms with Crippen LogP contribution in [0.3, 0.4) is 0 Å². The van der Waals surface area contributed by atoms with E-state index >= 15 is 0 Å². The van der Waals surface area contributed by atoms with Gasteiger partial charge in [-0.2, -0.15) is 0 Å². The molecule has 0 atom stereocenters. The molecule has 5 aromatic carbocycles. The molecule has 48 heavy (non-hydrogen) atoms. The third-order valence-corrected chi connectivity index (χ3v) is 10.1. The Kier molecular flexibility index (Phi) is 10.6. The highest BCUT2D eigenvalue weighted by Crippen LogP contribution is 2.47. The molecule has 0 spiro atoms. The van der Waals surface area contributed by atoms with Crippen molar-refractivity contribution in [3.8, 4) is 5.88 Å². The molecular formula is C40H40N3O4P. The predicted molar refractivity (Wildman–Crippen MR) is 194 cm³/mol. The first-order chi connectivity index (χ1) is 23.5. The fraction of sp³-hybridized carbons (Fsp3) is 0.175. The van der Waals surface area contributed by atoms with Crippen LogP contribution < -0.4 is 5.30 Å². The average molecular weight is 658 g/mol. The standard InChI is InChI=1S/C40H40N3O4P/c1-3-46-48(45,47-4-2)35-24-25-37-36(26-35)38(40(44)42-37)39(33-18-12-7-13-19-33)41-34-22-20-32(21-23-34)29-43(27-30-14-8-5-9-15-30)28-31-16-10-6-11-17-31/h5-26,42,44H,3-4,27-29H2,1-2H3. The molecule has 244 valence electrons. The van der Waals surface area contributed by atoms with Gasteiger partial charge in [-0.3, -0.25) is 9.46 Å². The minimum Gasteiger partial charge on any atom is -0.494 e. The Bertz CT molecular complexity index is 1960. The first-order valence-corrected chi connectivity index (χ1v) is 17.8. The molecule has 0 bridgehead atoms. The van der Waals surface area contributed by atoms with Gasteiger partial charge in [-0.15, -0.1) is 0 Å². The Morgan fingerprint density at radius 1 is 0.708 bits per heavy atom. The summed E-state index contributed by atoms with van der Waals surface area (Å²) in [5.74, 6) is -0.0264. The van der Waals surface area contributed by atoms with Gasteiger partial charge in [0.15, 0.2) is 5.88 Å². The number of nitrogens with one attached hydrogen (secondary N) is 1. The van der Waals surface area contributed by atoms with Crippen molar-refractivity contribution in [2.75, 3.05) is 13.2 Å². The highest BCUT2D eigenvalue weighted by molar-refractivity contribution is 7.62. The maximum absolute atomic E-state index is 13.7. The van der Waals surface area contributed by atoms with Crippen molar-refractivity contribution in [2.45, 2.75) is 33.5 Å². The largest absolute Gasteiger partial charge is 0.494 e. The van der Waals surface area contributed by atoms with Crippen LogP contribution in [0.15, 0.2) is 138 Å². The van der Waals surface area contributed by atoms with Crippen molar-refractivity contribution in [3.05, 3.63) is 161 Å². The quantitative estimate of drug-likeness (QED) is 0.0901. The zero-order valence-electron chi connectivity index (χ0n) is 27.3. The Hall–Kier alpha value is -4.78. The fourth-order valence-electron chi connectivity index (χ4n) is 5.88. The molecule has 0 aliphatic carbocycles. The lowest BCUT2D eigenvalue weighted by molar-refractivity contribution is 0.230. The number of benzene rings is 5. The fourth-order valence-corrected chi connectivity index (χ4v) is 7.47. The van der Waals surface area contributed by atoms with Crippen molar-refractivity contribution in [3.63, 3.8) is 0 Å². The maximum Gasteiger partial charge on any atom is 0.361 e. The molecule has 0 aliphatic rings. The molecule has 0 fully saturated rings. The lowest BCUT2D eigenvalue weighted by atomic mass is 10.0. The topological polar surface area (TPSA) is 87.1 Å². The highest BCUT2D eigenvalue weighted by Gasteiger charge is 2.28. The number of aliphatic imine (C=N–C) groups is 1. The van der Waals surface area contributed by atoms with E-state index in [2.05, 4.69) is 70.5 Å². The number of fused-ring (bicyclic) bond motifs is 1. The van der Waals surface area contributed by atoms with Crippen LogP contribution in [-0.2, 0) is 33.2 Å². The summed E-state index contributed by atoms with van der Waals surface area (Å²) in [6.07, 6.45) is 0. The van der Waals surface area contributed by atoms with E-state index in [1.807, 2.05) is 54.6 Å². The predicted octanol–water partition coefficient (Wildman–Crippen LogP) is 9.14. The molecule has 1 heterocycles. The van der Waals surface area contributed by atoms with E-state index in [0.29, 0.717) is 27.5 Å². The molecule has 0 radical (unpaired) electrons. The van der Waals surface area contributed by atoms with Gasteiger partial charge in [0.05, 0.1) is 35.5 Å². The van der Waals surface area contributed by atoms with Gasteiger partial charge in [0.1, 0.15) is 0 Å². The summed E-state index contributed by atoms with van der Waals surface area (Å²) in [6.45, 7) is 6.48. The van der Waals surface area contributed by atoms with Crippen LogP contribution in [0, 0.1) is 0 Å². The monoisotopic (exact) mass is 657 g/mol. The zero-order valence-corrected chi connectivity index (χ0v) is 28.1. The van der Waals surface area contributed by atoms with Crippen molar-refractivity contribution in [2.24, 2.45) is 4.99 Å². The minimum absolute atomic E-state index is 0.0264. The molecule has 7 nitrogen and oxygen atoms in total. The molecule has 1 aromatic heterocycles. The first kappa shape index (κ1) is 33.1. The normalized spacial score (nSPS) is 12.2. The van der Waals surface area contributed by atoms with Gasteiger partial charge in [-0.1, -0.05) is 103 Å². The van der Waals surface area contributed by atoms with Gasteiger partial charge in [-0.25, -0.2) is 4.99 Å². The van der Waals surface area contributed by atoms with Crippen LogP contribution in [0.1, 0.15) is 41.7 Å². The van der Waals surface area contributed by atoms with E-state index in [1.165, 1.54) is 16.7 Å². The van der Waals surface area contributed by atoms with E-state index in [1.54, 1.807) is 32.0 Å². The lowest BCUT2D eigenvalue weighted by Crippen LogP contribution is -2.22. The number of aromatic hydroxyl groups is 1. The Morgan fingerprint density at radius 3 is 1.77 bits per heavy atom. The molecule has 2 N–H and O–H groups in total. The molecule has 0 saturated carbocycles. The Balaban J connectivity index is 1.35. The summed E-state index contributed by atoms with van der Waals surface area (Å²) in [4.78, 5) is 10.6. The highest BCUT2D eigenvalue weighted by atomic mass is 31.2. The molecule has 6 aromatic rings. The SMILES string of the molecule is CCOP(=O)(OCC)c1ccc2[nH]c(O)c(C(=Nc3ccc(CN(Cc4ccccc4)Cc4ccccc4)cc3)c3ccccc3)c2c1. The minimum atomic E-state index is -3.56. The van der Waals surface area contributed by atoms with Gasteiger partial charge in [0, 0.05) is 36.1 Å². The van der Waals surface area contributed by atoms with Gasteiger partial charge < -0.3 is 19.1 Å². The summed E-state index contributed by atoms with van der Waals surface area (Å²) in [5, 5.41) is 12.3. The van der Waals surface area contributed by atoms with Crippen LogP contribution in [0.2, 0.25) is 0 Å². The van der Waals surface area contributed by atoms with Gasteiger partial charge in [0.25, 0.3) is 0 Å². The van der Waals surface area contributed by atoms with Gasteiger partial charge in [0.2, 0.25) is 0 Å². The number of nitrogens with zero attached hydrogens (tertiary/aromatic N) is 2. The van der Waals surface area contributed by atoms with Crippen LogP contribution in [0.4, 0.5) is 5.69 Å². The van der Waals surface area contributed by atoms with Crippen LogP contribution in [0.5, 0.6) is 5.88 Å². The summed E-state index contributed by atoms with van der Waals surface area (Å²) >= 11 is 0. The van der Waals surface area contributed by atoms with E-state index in [9.17, 15) is 9.67 Å². The van der Waals surface area contributed by atoms with Gasteiger partial charge in [-0.05, 0) is 60.9 Å². The number of rotatable bonds is 14. The van der Waals surface area contributed by atoms with E-state index < -0.39 is 7.60 Å². The van der Waals surface area contributed by atoms with Crippen LogP contribution >= 0.6 is 7.60 Å². The molecule has 0 aliphatic heterocycles. The number of hydrogen-bond donors (Lipinski definition) is 2. The third-order valence-electron chi connectivity index (χ3n) is 8.04. The number of H-pyrrole nitrogens is 1. The molecule has 0 saturated heterocycles. The number of aromatic amines is 1. The summed E-state index contributed by atoms with van der Waals surface area (Å²) in [5.41, 5.74) is 7.06. The smallest absolute Gasteiger partial charge is 0.361 e. The Morgan fingerprint density at radius 2 is 1.23 bits per heavy atom. The van der Waals surface area contributed by atoms with E-state index in [4.69, 9.17) is 14.0 Å². The molecular weight excluding hydrogens is 617 g/mol. The van der Waals surface area contributed by atoms with E-state index in [0.717, 1.165) is 30.9 Å². The van der Waals surface area contributed by atoms with Gasteiger partial charge >= 0.3 is 7.60 Å². The second kappa shape index (κ2) is 15.4. The lowest BCUT2D eigenvalue weighted by Gasteiger charge is -2.23. The summed E-state index contributed by atoms with van der Waals surface area (Å²) in [7, 11) is -3.56. The summed E-state index contributed by atoms with van der Waals surface area (Å²) < 4.78 is 24.9. The number of hydrogen-bond acceptors (Lipinski definition) is 6. The molecule has 0 unspecified atom stereocenters. The van der Waals surface area contributed by atoms with Crippen molar-refractivity contribution in [1.29, 1.82) is 0 Å². The van der Waals surface area contributed by atoms with Crippen LogP contribution in [-0.4, -0.2) is 33.9 Å². The van der Waals surface area contributed by atoms with Crippen molar-refractivity contribution < 1.29 is 18.7 Å². The second-order valence-corrected chi connectivity index (χ2v) is 13.5. The van der Waals surface area contributed by atoms with Crippen molar-refractivity contribution in [1.82, 2.24) is 9.88 Å². The maximum atomic E-state index is 13.7. The Labute approximate surface area is 282 Å². The first-order valence-electron chi connectivity index (χ1n) is 16.2.